The van der Waals surface area contributed by atoms with E-state index in [9.17, 15) is 31.6 Å². The summed E-state index contributed by atoms with van der Waals surface area (Å²) in [6, 6.07) is 6.17. The molecule has 3 saturated carbocycles. The number of rotatable bonds is 6. The largest absolute Gasteiger partial charge is 0.417 e. The van der Waals surface area contributed by atoms with Gasteiger partial charge in [0.15, 0.2) is 9.84 Å². The lowest BCUT2D eigenvalue weighted by Crippen LogP contribution is -2.43. The predicted octanol–water partition coefficient (Wildman–Crippen LogP) is 3.37. The van der Waals surface area contributed by atoms with Crippen LogP contribution in [0.5, 0.6) is 0 Å². The van der Waals surface area contributed by atoms with Gasteiger partial charge in [0.2, 0.25) is 5.91 Å². The lowest BCUT2D eigenvalue weighted by atomic mass is 9.95. The Hall–Kier alpha value is -2.12. The molecule has 4 rings (SSSR count). The van der Waals surface area contributed by atoms with Crippen molar-refractivity contribution < 1.29 is 31.1 Å². The number of carbonyl (C=O) groups is 1. The Morgan fingerprint density at radius 2 is 1.87 bits per heavy atom. The summed E-state index contributed by atoms with van der Waals surface area (Å²) in [5.74, 6) is -1.30. The van der Waals surface area contributed by atoms with E-state index in [1.54, 1.807) is 0 Å². The Balaban J connectivity index is 1.60. The van der Waals surface area contributed by atoms with Crippen LogP contribution in [0.25, 0.3) is 0 Å². The zero-order valence-corrected chi connectivity index (χ0v) is 17.5. The first-order valence-corrected chi connectivity index (χ1v) is 11.9. The first-order chi connectivity index (χ1) is 14.6. The van der Waals surface area contributed by atoms with Crippen LogP contribution in [0.1, 0.15) is 50.5 Å². The van der Waals surface area contributed by atoms with Crippen molar-refractivity contribution in [2.24, 2.45) is 5.92 Å². The second kappa shape index (κ2) is 7.78. The number of hydrogen-bond acceptors (Lipinski definition) is 5. The SMILES string of the molecule is N#CC1(NC(=O)[C@H]2C[C@H](S(=O)(=O)c3ccccc3C(F)(F)F)C[C@@H]2OC2CCC2)CC1. The van der Waals surface area contributed by atoms with Crippen molar-refractivity contribution in [2.45, 2.75) is 79.0 Å². The molecule has 0 aliphatic heterocycles. The fraction of sp³-hybridized carbons (Fsp3) is 0.619. The number of nitrogens with zero attached hydrogens (tertiary/aromatic N) is 1. The third-order valence-corrected chi connectivity index (χ3v) is 8.71. The van der Waals surface area contributed by atoms with Crippen molar-refractivity contribution in [1.82, 2.24) is 5.32 Å². The maximum atomic E-state index is 13.4. The second-order valence-electron chi connectivity index (χ2n) is 8.65. The molecule has 0 saturated heterocycles. The number of ether oxygens (including phenoxy) is 1. The van der Waals surface area contributed by atoms with Crippen molar-refractivity contribution in [1.29, 1.82) is 5.26 Å². The molecule has 1 aromatic rings. The Labute approximate surface area is 178 Å². The van der Waals surface area contributed by atoms with Gasteiger partial charge in [-0.1, -0.05) is 12.1 Å². The van der Waals surface area contributed by atoms with Crippen LogP contribution in [0.4, 0.5) is 13.2 Å². The Kier molecular flexibility index (Phi) is 5.54. The molecule has 0 radical (unpaired) electrons. The van der Waals surface area contributed by atoms with E-state index in [4.69, 9.17) is 4.74 Å². The molecule has 168 valence electrons. The highest BCUT2D eigenvalue weighted by Crippen LogP contribution is 2.43. The molecule has 1 amide bonds. The van der Waals surface area contributed by atoms with Crippen molar-refractivity contribution in [3.8, 4) is 6.07 Å². The van der Waals surface area contributed by atoms with Crippen LogP contribution in [0.2, 0.25) is 0 Å². The van der Waals surface area contributed by atoms with Crippen LogP contribution >= 0.6 is 0 Å². The summed E-state index contributed by atoms with van der Waals surface area (Å²) in [6.45, 7) is 0. The van der Waals surface area contributed by atoms with Crippen molar-refractivity contribution in [3.63, 3.8) is 0 Å². The molecule has 0 aromatic heterocycles. The van der Waals surface area contributed by atoms with Crippen LogP contribution in [-0.4, -0.2) is 37.3 Å². The minimum atomic E-state index is -4.81. The Morgan fingerprint density at radius 3 is 2.42 bits per heavy atom. The highest BCUT2D eigenvalue weighted by atomic mass is 32.2. The molecule has 0 spiro atoms. The molecule has 3 atom stereocenters. The monoisotopic (exact) mass is 456 g/mol. The predicted molar refractivity (Wildman–Crippen MR) is 103 cm³/mol. The first-order valence-electron chi connectivity index (χ1n) is 10.3. The summed E-state index contributed by atoms with van der Waals surface area (Å²) in [5.41, 5.74) is -2.13. The minimum Gasteiger partial charge on any atom is -0.374 e. The molecule has 6 nitrogen and oxygen atoms in total. The molecule has 3 fully saturated rings. The van der Waals surface area contributed by atoms with Gasteiger partial charge in [-0.05, 0) is 57.1 Å². The highest BCUT2D eigenvalue weighted by Gasteiger charge is 2.51. The van der Waals surface area contributed by atoms with Crippen LogP contribution in [0.15, 0.2) is 29.2 Å². The van der Waals surface area contributed by atoms with Crippen LogP contribution in [0, 0.1) is 17.2 Å². The first kappa shape index (κ1) is 22.1. The number of hydrogen-bond donors (Lipinski definition) is 1. The average molecular weight is 456 g/mol. The van der Waals surface area contributed by atoms with Gasteiger partial charge in [0.05, 0.1) is 39.9 Å². The van der Waals surface area contributed by atoms with Crippen molar-refractivity contribution in [3.05, 3.63) is 29.8 Å². The van der Waals surface area contributed by atoms with Gasteiger partial charge in [-0.25, -0.2) is 8.42 Å². The summed E-state index contributed by atoms with van der Waals surface area (Å²) in [5, 5.41) is 10.8. The average Bonchev–Trinajstić information content (AvgIpc) is 3.31. The molecule has 0 bridgehead atoms. The Bertz CT molecular complexity index is 1010. The number of sulfone groups is 1. The Morgan fingerprint density at radius 1 is 1.19 bits per heavy atom. The minimum absolute atomic E-state index is 0.0529. The summed E-state index contributed by atoms with van der Waals surface area (Å²) in [7, 11) is -4.35. The number of carbonyl (C=O) groups excluding carboxylic acids is 1. The highest BCUT2D eigenvalue weighted by molar-refractivity contribution is 7.92. The third-order valence-electron chi connectivity index (χ3n) is 6.48. The van der Waals surface area contributed by atoms with Crippen molar-refractivity contribution in [2.75, 3.05) is 0 Å². The molecule has 3 aliphatic rings. The zero-order valence-electron chi connectivity index (χ0n) is 16.7. The molecule has 10 heteroatoms. The quantitative estimate of drug-likeness (QED) is 0.708. The molecule has 0 heterocycles. The van der Waals surface area contributed by atoms with Gasteiger partial charge < -0.3 is 10.1 Å². The summed E-state index contributed by atoms with van der Waals surface area (Å²) >= 11 is 0. The van der Waals surface area contributed by atoms with E-state index in [0.29, 0.717) is 12.8 Å². The standard InChI is InChI=1S/C21H23F3N2O4S/c22-21(23,24)16-6-1-2-7-18(16)31(28,29)14-10-15(17(11-14)30-13-4-3-5-13)19(27)26-20(12-25)8-9-20/h1-2,6-7,13-15,17H,3-5,8-11H2,(H,26,27)/t14-,15-,17-/m0/s1. The molecule has 0 unspecified atom stereocenters. The van der Waals surface area contributed by atoms with E-state index in [2.05, 4.69) is 11.4 Å². The fourth-order valence-electron chi connectivity index (χ4n) is 4.24. The number of nitrogens with one attached hydrogen (secondary N) is 1. The van der Waals surface area contributed by atoms with Gasteiger partial charge >= 0.3 is 6.18 Å². The smallest absolute Gasteiger partial charge is 0.374 e. The van der Waals surface area contributed by atoms with E-state index in [0.717, 1.165) is 37.5 Å². The third kappa shape index (κ3) is 4.30. The number of benzene rings is 1. The van der Waals surface area contributed by atoms with Gasteiger partial charge in [-0.2, -0.15) is 18.4 Å². The molecule has 3 aliphatic carbocycles. The lowest BCUT2D eigenvalue weighted by Gasteiger charge is -2.31. The summed E-state index contributed by atoms with van der Waals surface area (Å²) in [6.07, 6.45) is -2.15. The number of alkyl halides is 3. The van der Waals surface area contributed by atoms with Crippen LogP contribution in [-0.2, 0) is 25.5 Å². The van der Waals surface area contributed by atoms with E-state index in [-0.39, 0.29) is 18.9 Å². The maximum absolute atomic E-state index is 13.4. The van der Waals surface area contributed by atoms with Crippen LogP contribution < -0.4 is 5.32 Å². The van der Waals surface area contributed by atoms with Gasteiger partial charge in [0.1, 0.15) is 5.54 Å². The van der Waals surface area contributed by atoms with Gasteiger partial charge in [-0.3, -0.25) is 4.79 Å². The number of nitriles is 1. The van der Waals surface area contributed by atoms with Crippen molar-refractivity contribution >= 4 is 15.7 Å². The molecule has 31 heavy (non-hydrogen) atoms. The number of amides is 1. The van der Waals surface area contributed by atoms with Gasteiger partial charge in [0.25, 0.3) is 0 Å². The van der Waals surface area contributed by atoms with Gasteiger partial charge in [0, 0.05) is 0 Å². The topological polar surface area (TPSA) is 96.3 Å². The molecular weight excluding hydrogens is 433 g/mol. The molecular formula is C21H23F3N2O4S. The lowest BCUT2D eigenvalue weighted by molar-refractivity contribution is -0.140. The van der Waals surface area contributed by atoms with E-state index in [1.807, 2.05) is 0 Å². The maximum Gasteiger partial charge on any atom is 0.417 e. The molecule has 1 aromatic carbocycles. The van der Waals surface area contributed by atoms with Crippen LogP contribution in [0.3, 0.4) is 0 Å². The normalized spacial score (nSPS) is 27.9. The van der Waals surface area contributed by atoms with Gasteiger partial charge in [-0.15, -0.1) is 0 Å². The number of halogens is 3. The fourth-order valence-corrected chi connectivity index (χ4v) is 6.26. The summed E-state index contributed by atoms with van der Waals surface area (Å²) < 4.78 is 72.6. The van der Waals surface area contributed by atoms with E-state index >= 15 is 0 Å². The summed E-state index contributed by atoms with van der Waals surface area (Å²) in [4.78, 5) is 12.1. The molecule has 1 N–H and O–H groups in total. The second-order valence-corrected chi connectivity index (χ2v) is 10.8. The van der Waals surface area contributed by atoms with E-state index in [1.165, 1.54) is 6.07 Å². The van der Waals surface area contributed by atoms with E-state index < -0.39 is 55.2 Å². The zero-order chi connectivity index (χ0) is 22.4.